The van der Waals surface area contributed by atoms with Gasteiger partial charge in [-0.05, 0) is 56.0 Å². The quantitative estimate of drug-likeness (QED) is 0.595. The number of phenolic OH excluding ortho intramolecular Hbond substituents is 1. The molecule has 2 rings (SSSR count). The van der Waals surface area contributed by atoms with Gasteiger partial charge in [0.05, 0.1) is 12.3 Å². The van der Waals surface area contributed by atoms with Crippen LogP contribution in [0.3, 0.4) is 0 Å². The fourth-order valence-corrected chi connectivity index (χ4v) is 2.22. The first kappa shape index (κ1) is 16.9. The number of carbonyl (C=O) groups is 1. The molecule has 0 aliphatic rings. The maximum absolute atomic E-state index is 11.8. The van der Waals surface area contributed by atoms with Crippen LogP contribution in [0.4, 0.5) is 5.69 Å². The van der Waals surface area contributed by atoms with Gasteiger partial charge >= 0.3 is 0 Å². The lowest BCUT2D eigenvalue weighted by molar-refractivity contribution is -0.116. The molecule has 0 unspecified atom stereocenters. The number of benzene rings is 2. The van der Waals surface area contributed by atoms with Crippen molar-refractivity contribution >= 4 is 11.6 Å². The second kappa shape index (κ2) is 8.22. The molecular formula is C19H23NO3. The number of nitrogens with one attached hydrogen (secondary N) is 1. The van der Waals surface area contributed by atoms with Crippen molar-refractivity contribution in [2.45, 2.75) is 33.1 Å². The first-order valence-electron chi connectivity index (χ1n) is 7.84. The fraction of sp³-hybridized carbons (Fsp3) is 0.316. The van der Waals surface area contributed by atoms with Crippen LogP contribution in [0.5, 0.6) is 11.5 Å². The van der Waals surface area contributed by atoms with Crippen LogP contribution in [0.2, 0.25) is 0 Å². The summed E-state index contributed by atoms with van der Waals surface area (Å²) >= 11 is 0. The fourth-order valence-electron chi connectivity index (χ4n) is 2.22. The Balaban J connectivity index is 1.68. The molecule has 1 amide bonds. The first-order valence-corrected chi connectivity index (χ1v) is 7.84. The third kappa shape index (κ3) is 5.33. The molecule has 4 heteroatoms. The number of phenols is 1. The Morgan fingerprint density at radius 2 is 1.91 bits per heavy atom. The molecule has 2 N–H and O–H groups in total. The molecule has 0 spiro atoms. The molecule has 0 fully saturated rings. The van der Waals surface area contributed by atoms with Crippen LogP contribution in [0.25, 0.3) is 0 Å². The number of hydrogen-bond acceptors (Lipinski definition) is 3. The van der Waals surface area contributed by atoms with Crippen molar-refractivity contribution in [2.75, 3.05) is 11.9 Å². The molecule has 0 atom stereocenters. The third-order valence-electron chi connectivity index (χ3n) is 3.58. The number of ether oxygens (including phenoxy) is 1. The van der Waals surface area contributed by atoms with Crippen LogP contribution in [0.15, 0.2) is 42.5 Å². The summed E-state index contributed by atoms with van der Waals surface area (Å²) in [5.74, 6) is 0.890. The van der Waals surface area contributed by atoms with E-state index in [2.05, 4.69) is 11.4 Å². The highest BCUT2D eigenvalue weighted by Gasteiger charge is 2.06. The molecule has 2 aromatic rings. The van der Waals surface area contributed by atoms with Crippen molar-refractivity contribution in [3.63, 3.8) is 0 Å². The summed E-state index contributed by atoms with van der Waals surface area (Å²) in [4.78, 5) is 11.8. The van der Waals surface area contributed by atoms with Crippen LogP contribution < -0.4 is 10.1 Å². The van der Waals surface area contributed by atoms with Crippen LogP contribution in [-0.4, -0.2) is 17.6 Å². The molecule has 0 aliphatic carbocycles. The minimum absolute atomic E-state index is 0.0825. The number of aryl methyl sites for hydroxylation is 2. The number of amides is 1. The molecule has 0 saturated carbocycles. The van der Waals surface area contributed by atoms with Gasteiger partial charge < -0.3 is 15.2 Å². The standard InChI is InChI=1S/C19H23NO3/c1-14-10-11-15(2)18(13-14)23-12-6-5-9-19(22)20-16-7-3-4-8-17(16)21/h3-4,7-8,10-11,13,21H,5-6,9,12H2,1-2H3,(H,20,22). The summed E-state index contributed by atoms with van der Waals surface area (Å²) in [6, 6.07) is 12.9. The number of carbonyl (C=O) groups excluding carboxylic acids is 1. The predicted molar refractivity (Wildman–Crippen MR) is 92.0 cm³/mol. The molecule has 4 nitrogen and oxygen atoms in total. The molecule has 122 valence electrons. The van der Waals surface area contributed by atoms with E-state index in [9.17, 15) is 9.90 Å². The number of hydrogen-bond donors (Lipinski definition) is 2. The summed E-state index contributed by atoms with van der Waals surface area (Å²) in [6.45, 7) is 4.65. The lowest BCUT2D eigenvalue weighted by Gasteiger charge is -2.10. The van der Waals surface area contributed by atoms with Crippen LogP contribution in [0, 0.1) is 13.8 Å². The average molecular weight is 313 g/mol. The minimum atomic E-state index is -0.0989. The third-order valence-corrected chi connectivity index (χ3v) is 3.58. The normalized spacial score (nSPS) is 10.3. The van der Waals surface area contributed by atoms with E-state index in [1.807, 2.05) is 26.0 Å². The second-order valence-electron chi connectivity index (χ2n) is 5.64. The predicted octanol–water partition coefficient (Wildman–Crippen LogP) is 4.20. The van der Waals surface area contributed by atoms with E-state index in [0.29, 0.717) is 18.7 Å². The second-order valence-corrected chi connectivity index (χ2v) is 5.64. The molecule has 0 aliphatic heterocycles. The highest BCUT2D eigenvalue weighted by atomic mass is 16.5. The van der Waals surface area contributed by atoms with E-state index in [1.54, 1.807) is 24.3 Å². The molecule has 0 bridgehead atoms. The summed E-state index contributed by atoms with van der Waals surface area (Å²) in [5, 5.41) is 12.3. The maximum Gasteiger partial charge on any atom is 0.224 e. The topological polar surface area (TPSA) is 58.6 Å². The van der Waals surface area contributed by atoms with Gasteiger partial charge in [-0.25, -0.2) is 0 Å². The van der Waals surface area contributed by atoms with Gasteiger partial charge in [0, 0.05) is 6.42 Å². The van der Waals surface area contributed by atoms with Crippen molar-refractivity contribution in [3.05, 3.63) is 53.6 Å². The molecule has 23 heavy (non-hydrogen) atoms. The molecule has 0 saturated heterocycles. The van der Waals surface area contributed by atoms with Gasteiger partial charge in [0.2, 0.25) is 5.91 Å². The van der Waals surface area contributed by atoms with E-state index in [4.69, 9.17) is 4.74 Å². The summed E-state index contributed by atoms with van der Waals surface area (Å²) in [7, 11) is 0. The van der Waals surface area contributed by atoms with Crippen LogP contribution >= 0.6 is 0 Å². The summed E-state index contributed by atoms with van der Waals surface area (Å²) in [6.07, 6.45) is 1.95. The number of unbranched alkanes of at least 4 members (excludes halogenated alkanes) is 1. The van der Waals surface area contributed by atoms with Gasteiger partial charge in [0.1, 0.15) is 11.5 Å². The Morgan fingerprint density at radius 3 is 2.70 bits per heavy atom. The summed E-state index contributed by atoms with van der Waals surface area (Å²) < 4.78 is 5.77. The molecular weight excluding hydrogens is 290 g/mol. The molecule has 0 radical (unpaired) electrons. The van der Waals surface area contributed by atoms with Crippen molar-refractivity contribution < 1.29 is 14.6 Å². The van der Waals surface area contributed by atoms with Crippen molar-refractivity contribution in [2.24, 2.45) is 0 Å². The SMILES string of the molecule is Cc1ccc(C)c(OCCCCC(=O)Nc2ccccc2O)c1. The molecule has 2 aromatic carbocycles. The van der Waals surface area contributed by atoms with E-state index in [1.165, 1.54) is 5.56 Å². The van der Waals surface area contributed by atoms with Gasteiger partial charge in [-0.1, -0.05) is 24.3 Å². The Labute approximate surface area is 137 Å². The van der Waals surface area contributed by atoms with Crippen molar-refractivity contribution in [1.82, 2.24) is 0 Å². The van der Waals surface area contributed by atoms with Gasteiger partial charge in [-0.3, -0.25) is 4.79 Å². The highest BCUT2D eigenvalue weighted by Crippen LogP contribution is 2.22. The number of anilines is 1. The average Bonchev–Trinajstić information content (AvgIpc) is 2.52. The monoisotopic (exact) mass is 313 g/mol. The largest absolute Gasteiger partial charge is 0.506 e. The Kier molecular flexibility index (Phi) is 6.03. The minimum Gasteiger partial charge on any atom is -0.506 e. The zero-order valence-electron chi connectivity index (χ0n) is 13.6. The number of rotatable bonds is 7. The van der Waals surface area contributed by atoms with Gasteiger partial charge in [-0.15, -0.1) is 0 Å². The van der Waals surface area contributed by atoms with Gasteiger partial charge in [-0.2, -0.15) is 0 Å². The molecule has 0 heterocycles. The zero-order valence-corrected chi connectivity index (χ0v) is 13.6. The van der Waals surface area contributed by atoms with Crippen molar-refractivity contribution in [1.29, 1.82) is 0 Å². The zero-order chi connectivity index (χ0) is 16.7. The van der Waals surface area contributed by atoms with E-state index in [-0.39, 0.29) is 11.7 Å². The Bertz CT molecular complexity index is 667. The Hall–Kier alpha value is -2.49. The number of para-hydroxylation sites is 2. The summed E-state index contributed by atoms with van der Waals surface area (Å²) in [5.41, 5.74) is 2.74. The maximum atomic E-state index is 11.8. The lowest BCUT2D eigenvalue weighted by atomic mass is 10.1. The number of aromatic hydroxyl groups is 1. The van der Waals surface area contributed by atoms with Gasteiger partial charge in [0.25, 0.3) is 0 Å². The van der Waals surface area contributed by atoms with E-state index < -0.39 is 0 Å². The van der Waals surface area contributed by atoms with Crippen LogP contribution in [0.1, 0.15) is 30.4 Å². The smallest absolute Gasteiger partial charge is 0.224 e. The van der Waals surface area contributed by atoms with E-state index >= 15 is 0 Å². The van der Waals surface area contributed by atoms with Crippen molar-refractivity contribution in [3.8, 4) is 11.5 Å². The van der Waals surface area contributed by atoms with E-state index in [0.717, 1.165) is 24.2 Å². The molecule has 0 aromatic heterocycles. The first-order chi connectivity index (χ1) is 11.1. The van der Waals surface area contributed by atoms with Crippen LogP contribution in [-0.2, 0) is 4.79 Å². The highest BCUT2D eigenvalue weighted by molar-refractivity contribution is 5.92. The Morgan fingerprint density at radius 1 is 1.13 bits per heavy atom. The van der Waals surface area contributed by atoms with Gasteiger partial charge in [0.15, 0.2) is 0 Å². The lowest BCUT2D eigenvalue weighted by Crippen LogP contribution is -2.11.